The van der Waals surface area contributed by atoms with Gasteiger partial charge in [-0.1, -0.05) is 24.3 Å². The number of hydrogen-bond acceptors (Lipinski definition) is 8. The summed E-state index contributed by atoms with van der Waals surface area (Å²) in [5.41, 5.74) is 0.773. The lowest BCUT2D eigenvalue weighted by Crippen LogP contribution is -2.46. The zero-order valence-electron chi connectivity index (χ0n) is 21.2. The summed E-state index contributed by atoms with van der Waals surface area (Å²) < 4.78 is 28.4. The topological polar surface area (TPSA) is 115 Å². The molecule has 1 amide bonds. The predicted molar refractivity (Wildman–Crippen MR) is 138 cm³/mol. The number of amides is 1. The van der Waals surface area contributed by atoms with Crippen LogP contribution >= 0.6 is 0 Å². The Kier molecular flexibility index (Phi) is 13.0. The first kappa shape index (κ1) is 29.3. The molecule has 0 aromatic heterocycles. The van der Waals surface area contributed by atoms with Crippen molar-refractivity contribution in [2.45, 2.75) is 39.7 Å². The highest BCUT2D eigenvalue weighted by molar-refractivity contribution is 6.60. The lowest BCUT2D eigenvalue weighted by atomic mass is 10.1. The second-order valence-corrected chi connectivity index (χ2v) is 10.5. The van der Waals surface area contributed by atoms with Crippen LogP contribution in [-0.4, -0.2) is 60.4 Å². The van der Waals surface area contributed by atoms with Gasteiger partial charge in [-0.15, -0.1) is 0 Å². The quantitative estimate of drug-likeness (QED) is 0.192. The number of hydrogen-bond donors (Lipinski definition) is 1. The van der Waals surface area contributed by atoms with Crippen molar-refractivity contribution in [3.8, 4) is 5.75 Å². The minimum Gasteiger partial charge on any atom is -0.545 e. The van der Waals surface area contributed by atoms with Crippen molar-refractivity contribution in [1.29, 1.82) is 0 Å². The first-order valence-electron chi connectivity index (χ1n) is 12.3. The number of carboxylic acid groups (broad SMARTS) is 1. The molecule has 0 saturated heterocycles. The van der Waals surface area contributed by atoms with Gasteiger partial charge in [-0.05, 0) is 67.8 Å². The average Bonchev–Trinajstić information content (AvgIpc) is 2.85. The van der Waals surface area contributed by atoms with Crippen molar-refractivity contribution < 1.29 is 37.4 Å². The van der Waals surface area contributed by atoms with Gasteiger partial charge in [0.2, 0.25) is 0 Å². The van der Waals surface area contributed by atoms with Crippen LogP contribution < -0.4 is 15.2 Å². The molecule has 2 rings (SSSR count). The highest BCUT2D eigenvalue weighted by Crippen LogP contribution is 2.23. The third-order valence-electron chi connectivity index (χ3n) is 5.06. The molecular weight excluding hydrogens is 482 g/mol. The number of rotatable bonds is 17. The van der Waals surface area contributed by atoms with Gasteiger partial charge in [0, 0.05) is 38.8 Å². The molecule has 0 aliphatic carbocycles. The Bertz CT molecular complexity index is 980. The lowest BCUT2D eigenvalue weighted by Gasteiger charge is -2.28. The highest BCUT2D eigenvalue weighted by Gasteiger charge is 2.39. The zero-order valence-corrected chi connectivity index (χ0v) is 22.2. The van der Waals surface area contributed by atoms with Gasteiger partial charge >= 0.3 is 14.9 Å². The summed E-state index contributed by atoms with van der Waals surface area (Å²) in [5.74, 6) is -0.527. The molecule has 10 heteroatoms. The van der Waals surface area contributed by atoms with Gasteiger partial charge in [0.1, 0.15) is 5.75 Å². The second kappa shape index (κ2) is 15.9. The summed E-state index contributed by atoms with van der Waals surface area (Å²) in [6, 6.07) is 11.9. The van der Waals surface area contributed by atoms with Crippen LogP contribution in [0.4, 0.5) is 4.79 Å². The first-order valence-corrected chi connectivity index (χ1v) is 14.2. The highest BCUT2D eigenvalue weighted by atomic mass is 28.4. The fraction of sp³-hybridized carbons (Fsp3) is 0.462. The zero-order chi connectivity index (χ0) is 26.2. The Morgan fingerprint density at radius 3 is 2.25 bits per heavy atom. The van der Waals surface area contributed by atoms with Crippen LogP contribution in [0, 0.1) is 0 Å². The summed E-state index contributed by atoms with van der Waals surface area (Å²) in [4.78, 5) is 22.5. The van der Waals surface area contributed by atoms with Gasteiger partial charge in [-0.25, -0.2) is 4.79 Å². The van der Waals surface area contributed by atoms with Gasteiger partial charge in [0.15, 0.2) is 0 Å². The molecule has 0 aliphatic rings. The number of ether oxygens (including phenoxy) is 2. The summed E-state index contributed by atoms with van der Waals surface area (Å²) in [7, 11) is -2.70. The number of fused-ring (bicyclic) bond motifs is 1. The Morgan fingerprint density at radius 2 is 1.58 bits per heavy atom. The Morgan fingerprint density at radius 1 is 0.917 bits per heavy atom. The van der Waals surface area contributed by atoms with Crippen LogP contribution in [0.5, 0.6) is 5.75 Å². The SMILES string of the molecule is CCO[Si](CCCNC(=O)OCCCOc1ccc2cc(/C=C/C(=O)[O-])ccc2c1)(OCC)OCC. The molecule has 36 heavy (non-hydrogen) atoms. The van der Waals surface area contributed by atoms with E-state index >= 15 is 0 Å². The maximum atomic E-state index is 11.9. The number of alkyl carbamates (subject to hydrolysis) is 1. The van der Waals surface area contributed by atoms with Gasteiger partial charge in [-0.3, -0.25) is 0 Å². The molecule has 9 nitrogen and oxygen atoms in total. The summed E-state index contributed by atoms with van der Waals surface area (Å²) >= 11 is 0. The van der Waals surface area contributed by atoms with E-state index < -0.39 is 20.9 Å². The smallest absolute Gasteiger partial charge is 0.500 e. The second-order valence-electron chi connectivity index (χ2n) is 7.77. The van der Waals surface area contributed by atoms with E-state index in [4.69, 9.17) is 22.8 Å². The van der Waals surface area contributed by atoms with Gasteiger partial charge in [-0.2, -0.15) is 0 Å². The Hall–Kier alpha value is -2.92. The third kappa shape index (κ3) is 10.4. The molecule has 2 aromatic carbocycles. The van der Waals surface area contributed by atoms with Crippen molar-refractivity contribution in [2.24, 2.45) is 0 Å². The van der Waals surface area contributed by atoms with Crippen molar-refractivity contribution in [3.63, 3.8) is 0 Å². The summed E-state index contributed by atoms with van der Waals surface area (Å²) in [6.07, 6.45) is 3.24. The molecule has 0 fully saturated rings. The number of benzene rings is 2. The Labute approximate surface area is 213 Å². The van der Waals surface area contributed by atoms with Gasteiger partial charge in [0.05, 0.1) is 19.2 Å². The molecule has 0 saturated carbocycles. The molecule has 198 valence electrons. The normalized spacial score (nSPS) is 11.6. The third-order valence-corrected chi connectivity index (χ3v) is 8.21. The fourth-order valence-corrected chi connectivity index (χ4v) is 6.17. The van der Waals surface area contributed by atoms with E-state index in [0.29, 0.717) is 57.6 Å². The van der Waals surface area contributed by atoms with E-state index in [1.54, 1.807) is 0 Å². The largest absolute Gasteiger partial charge is 0.545 e. The minimum atomic E-state index is -2.70. The summed E-state index contributed by atoms with van der Waals surface area (Å²) in [5, 5.41) is 15.2. The van der Waals surface area contributed by atoms with Crippen molar-refractivity contribution >= 4 is 37.7 Å². The van der Waals surface area contributed by atoms with E-state index in [1.165, 1.54) is 6.08 Å². The Balaban J connectivity index is 1.67. The molecule has 0 bridgehead atoms. The van der Waals surface area contributed by atoms with E-state index in [2.05, 4.69) is 5.32 Å². The molecule has 1 N–H and O–H groups in total. The molecule has 0 radical (unpaired) electrons. The van der Waals surface area contributed by atoms with E-state index in [9.17, 15) is 14.7 Å². The number of carboxylic acids is 1. The van der Waals surface area contributed by atoms with Gasteiger partial charge < -0.3 is 38.0 Å². The number of carbonyl (C=O) groups is 2. The van der Waals surface area contributed by atoms with E-state index in [1.807, 2.05) is 57.2 Å². The molecule has 0 spiro atoms. The molecular formula is C26H36NO8Si-. The predicted octanol–water partition coefficient (Wildman–Crippen LogP) is 3.54. The van der Waals surface area contributed by atoms with Crippen LogP contribution in [0.1, 0.15) is 39.2 Å². The van der Waals surface area contributed by atoms with Crippen LogP contribution in [-0.2, 0) is 22.8 Å². The number of nitrogens with one attached hydrogen (secondary N) is 1. The molecule has 2 aromatic rings. The number of carbonyl (C=O) groups excluding carboxylic acids is 2. The molecule has 0 atom stereocenters. The van der Waals surface area contributed by atoms with E-state index in [0.717, 1.165) is 22.4 Å². The molecule has 0 aliphatic heterocycles. The lowest BCUT2D eigenvalue weighted by molar-refractivity contribution is -0.297. The van der Waals surface area contributed by atoms with E-state index in [-0.39, 0.29) is 6.61 Å². The molecule has 0 unspecified atom stereocenters. The van der Waals surface area contributed by atoms with Crippen molar-refractivity contribution in [2.75, 3.05) is 39.6 Å². The van der Waals surface area contributed by atoms with Gasteiger partial charge in [0.25, 0.3) is 0 Å². The van der Waals surface area contributed by atoms with Crippen molar-refractivity contribution in [1.82, 2.24) is 5.32 Å². The average molecular weight is 519 g/mol. The summed E-state index contributed by atoms with van der Waals surface area (Å²) in [6.45, 7) is 8.39. The minimum absolute atomic E-state index is 0.239. The fourth-order valence-electron chi connectivity index (χ4n) is 3.56. The monoisotopic (exact) mass is 518 g/mol. The maximum Gasteiger partial charge on any atom is 0.500 e. The van der Waals surface area contributed by atoms with Crippen LogP contribution in [0.25, 0.3) is 16.8 Å². The maximum absolute atomic E-state index is 11.9. The van der Waals surface area contributed by atoms with Crippen molar-refractivity contribution in [3.05, 3.63) is 48.0 Å². The first-order chi connectivity index (χ1) is 17.4. The van der Waals surface area contributed by atoms with Crippen LogP contribution in [0.15, 0.2) is 42.5 Å². The van der Waals surface area contributed by atoms with Crippen LogP contribution in [0.2, 0.25) is 6.04 Å². The molecule has 0 heterocycles. The van der Waals surface area contributed by atoms with Crippen LogP contribution in [0.3, 0.4) is 0 Å². The standard InChI is InChI=1S/C26H37NO8Si/c1-4-33-36(34-5-2,35-6-3)18-7-15-27-26(30)32-17-8-16-31-24-13-12-22-19-21(10-14-25(28)29)9-11-23(22)20-24/h9-14,19-20H,4-8,15-18H2,1-3H3,(H,27,30)(H,28,29)/p-1/b14-10+. The number of aliphatic carboxylic acids is 1.